The summed E-state index contributed by atoms with van der Waals surface area (Å²) >= 11 is 22.7. The lowest BCUT2D eigenvalue weighted by atomic mass is 9.81. The first-order valence-corrected chi connectivity index (χ1v) is 31.1. The van der Waals surface area contributed by atoms with Crippen LogP contribution in [0.1, 0.15) is 143 Å². The Kier molecular flexibility index (Phi) is 38.1. The van der Waals surface area contributed by atoms with Crippen molar-refractivity contribution in [1.29, 1.82) is 0 Å². The number of Topliss-reactive ketones (excluding diaryl/α,β-unsaturated/α-hetero) is 7. The maximum absolute atomic E-state index is 12.6. The van der Waals surface area contributed by atoms with Crippen LogP contribution in [0.5, 0.6) is 0 Å². The minimum Gasteiger partial charge on any atom is -0.299 e. The van der Waals surface area contributed by atoms with Crippen LogP contribution in [-0.4, -0.2) is 81.8 Å². The molecule has 452 valence electrons. The molecule has 0 saturated carbocycles. The van der Waals surface area contributed by atoms with Crippen molar-refractivity contribution in [2.45, 2.75) is 81.6 Å². The van der Waals surface area contributed by atoms with Crippen molar-refractivity contribution >= 4 is 107 Å². The maximum Gasteiger partial charge on any atom is 0.165 e. The Balaban J connectivity index is 0. The fraction of sp³-hybridized carbons (Fsp3) is 0.246. The van der Waals surface area contributed by atoms with E-state index in [0.29, 0.717) is 36.8 Å². The number of benzene rings is 7. The largest absolute Gasteiger partial charge is 0.299 e. The first kappa shape index (κ1) is 79.2. The zero-order valence-electron chi connectivity index (χ0n) is 49.4. The quantitative estimate of drug-likeness (QED) is 0.125. The Morgan fingerprint density at radius 2 is 0.786 bits per heavy atom. The fourth-order valence-corrected chi connectivity index (χ4v) is 6.39. The Bertz CT molecular complexity index is 3400. The molecule has 0 amide bonds. The van der Waals surface area contributed by atoms with Crippen molar-refractivity contribution in [3.63, 3.8) is 0 Å². The summed E-state index contributed by atoms with van der Waals surface area (Å²) in [5.41, 5.74) is 4.72. The topological polar surface area (TPSA) is 188 Å². The molecule has 0 fully saturated rings. The number of aryl methyl sites for hydroxylation is 1. The molecule has 0 aromatic heterocycles. The average molecular weight is 1270 g/mol. The van der Waals surface area contributed by atoms with E-state index in [1.165, 1.54) is 33.1 Å². The van der Waals surface area contributed by atoms with Gasteiger partial charge in [0.15, 0.2) is 34.7 Å². The molecule has 0 radical (unpaired) electrons. The van der Waals surface area contributed by atoms with Crippen molar-refractivity contribution in [3.8, 4) is 0 Å². The van der Waals surface area contributed by atoms with Crippen LogP contribution in [0, 0.1) is 18.6 Å². The van der Waals surface area contributed by atoms with E-state index < -0.39 is 48.1 Å². The van der Waals surface area contributed by atoms with Gasteiger partial charge in [0.2, 0.25) is 0 Å². The molecule has 84 heavy (non-hydrogen) atoms. The average Bonchev–Trinajstić information content (AvgIpc) is 3.61. The van der Waals surface area contributed by atoms with E-state index in [-0.39, 0.29) is 40.5 Å². The normalized spacial score (nSPS) is 10.0. The Morgan fingerprint density at radius 3 is 1.08 bits per heavy atom. The summed E-state index contributed by atoms with van der Waals surface area (Å²) in [7, 11) is -5.33. The molecule has 0 N–H and O–H groups in total. The van der Waals surface area contributed by atoms with Crippen molar-refractivity contribution in [2.24, 2.45) is 0 Å². The lowest BCUT2D eigenvalue weighted by Crippen LogP contribution is -2.26. The maximum atomic E-state index is 12.6. The van der Waals surface area contributed by atoms with Gasteiger partial charge in [0.05, 0.1) is 10.6 Å². The summed E-state index contributed by atoms with van der Waals surface area (Å²) in [6, 6.07) is 48.3. The monoisotopic (exact) mass is 1270 g/mol. The molecule has 0 bridgehead atoms. The van der Waals surface area contributed by atoms with Crippen LogP contribution in [0.2, 0.25) is 20.1 Å². The van der Waals surface area contributed by atoms with Gasteiger partial charge < -0.3 is 0 Å². The van der Waals surface area contributed by atoms with Gasteiger partial charge in [-0.2, -0.15) is 0 Å². The van der Waals surface area contributed by atoms with Crippen LogP contribution < -0.4 is 0 Å². The zero-order valence-corrected chi connectivity index (χ0v) is 54.1. The van der Waals surface area contributed by atoms with Crippen LogP contribution in [0.3, 0.4) is 0 Å². The van der Waals surface area contributed by atoms with E-state index in [9.17, 15) is 59.2 Å². The van der Waals surface area contributed by atoms with Crippen LogP contribution >= 0.6 is 46.4 Å². The second-order valence-corrected chi connectivity index (χ2v) is 25.1. The fourth-order valence-electron chi connectivity index (χ4n) is 5.68. The number of carbonyl (C=O) groups excluding carboxylic acids is 7. The lowest BCUT2D eigenvalue weighted by molar-refractivity contribution is -0.121. The molecular formula is C65H72Cl4F2O11S2. The van der Waals surface area contributed by atoms with Gasteiger partial charge in [-0.15, -0.1) is 0 Å². The summed E-state index contributed by atoms with van der Waals surface area (Å²) in [5.74, 6) is -1.43. The zero-order chi connectivity index (χ0) is 65.1. The van der Waals surface area contributed by atoms with Gasteiger partial charge in [0, 0.05) is 72.8 Å². The highest BCUT2D eigenvalue weighted by atomic mass is 35.5. The standard InChI is InChI=1S/C11H13ClO.C9H10O.3C8H7ClO.C8H6F2O.C8H8O.C3H8O2S.C2H6O2S/c1-8(13)11(2,3)9-4-6-10(12)7-5-9;1-7-5-3-4-6-9(7)8(2)10;1-6(10)7-2-4-8(9)5-3-7;1-6(10)7-3-2-4-8(9)5-7;1-6(10)7-4-2-3-5-8(7)9;1-5(11)8-6(9)3-2-4-7(8)10;1-7(9)8-5-3-2-4-6-8;1-3-6(2,4)5;1-5(2,3)4/h4-7H,1-3H3;3-6H,1-2H3;3*2-5H,1H3;2-4H,1H3;2-6H,1H3;3H2,1-2H3;1-2H3. The molecule has 11 nitrogen and oxygen atoms in total. The molecule has 7 aromatic rings. The van der Waals surface area contributed by atoms with Crippen molar-refractivity contribution in [1.82, 2.24) is 0 Å². The highest BCUT2D eigenvalue weighted by molar-refractivity contribution is 7.90. The molecule has 7 rings (SSSR count). The second kappa shape index (κ2) is 40.4. The molecule has 19 heteroatoms. The third kappa shape index (κ3) is 36.7. The summed E-state index contributed by atoms with van der Waals surface area (Å²) < 4.78 is 64.5. The highest BCUT2D eigenvalue weighted by Crippen LogP contribution is 2.25. The van der Waals surface area contributed by atoms with Crippen LogP contribution in [0.25, 0.3) is 0 Å². The van der Waals surface area contributed by atoms with Gasteiger partial charge in [-0.1, -0.05) is 150 Å². The van der Waals surface area contributed by atoms with Crippen LogP contribution in [-0.2, 0) is 29.9 Å². The van der Waals surface area contributed by atoms with E-state index in [0.717, 1.165) is 53.8 Å². The molecule has 0 aliphatic heterocycles. The van der Waals surface area contributed by atoms with Crippen molar-refractivity contribution in [3.05, 3.63) is 246 Å². The van der Waals surface area contributed by atoms with Gasteiger partial charge in [-0.3, -0.25) is 33.6 Å². The second-order valence-electron chi connectivity index (χ2n) is 18.7. The number of halogens is 6. The summed E-state index contributed by atoms with van der Waals surface area (Å²) in [6.45, 7) is 17.8. The molecule has 7 aromatic carbocycles. The summed E-state index contributed by atoms with van der Waals surface area (Å²) in [6.07, 6.45) is 3.53. The first-order valence-electron chi connectivity index (χ1n) is 25.2. The Labute approximate surface area is 514 Å². The highest BCUT2D eigenvalue weighted by Gasteiger charge is 2.25. The van der Waals surface area contributed by atoms with Gasteiger partial charge in [-0.25, -0.2) is 25.6 Å². The van der Waals surface area contributed by atoms with Crippen molar-refractivity contribution in [2.75, 3.05) is 24.5 Å². The smallest absolute Gasteiger partial charge is 0.165 e. The molecular weight excluding hydrogens is 1200 g/mol. The molecule has 0 unspecified atom stereocenters. The predicted octanol–water partition coefficient (Wildman–Crippen LogP) is 16.8. The van der Waals surface area contributed by atoms with Gasteiger partial charge in [0.1, 0.15) is 37.1 Å². The third-order valence-corrected chi connectivity index (χ3v) is 12.8. The van der Waals surface area contributed by atoms with Gasteiger partial charge >= 0.3 is 0 Å². The molecule has 0 aliphatic carbocycles. The lowest BCUT2D eigenvalue weighted by Gasteiger charge is -2.21. The third-order valence-electron chi connectivity index (χ3n) is 10.7. The Hall–Kier alpha value is -6.85. The van der Waals surface area contributed by atoms with Crippen molar-refractivity contribution < 1.29 is 59.2 Å². The predicted molar refractivity (Wildman–Crippen MR) is 340 cm³/mol. The minimum atomic E-state index is -2.67. The summed E-state index contributed by atoms with van der Waals surface area (Å²) in [4.78, 5) is 75.7. The SMILES string of the molecule is CC(=O)C(C)(C)c1ccc(Cl)cc1.CC(=O)c1c(F)cccc1F.CC(=O)c1ccc(Cl)cc1.CC(=O)c1cccc(Cl)c1.CC(=O)c1ccccc1.CC(=O)c1ccccc1C.CC(=O)c1ccccc1Cl.CCS(C)(=O)=O.CS(C)(=O)=O. The molecule has 0 aliphatic rings. The number of hydrogen-bond donors (Lipinski definition) is 0. The molecule has 0 heterocycles. The van der Waals surface area contributed by atoms with E-state index in [1.807, 2.05) is 99.6 Å². The van der Waals surface area contributed by atoms with Crippen LogP contribution in [0.4, 0.5) is 8.78 Å². The number of ketones is 7. The molecule has 0 saturated heterocycles. The number of rotatable bonds is 9. The van der Waals surface area contributed by atoms with Gasteiger partial charge in [0.25, 0.3) is 0 Å². The number of carbonyl (C=O) groups is 7. The van der Waals surface area contributed by atoms with E-state index in [2.05, 4.69) is 0 Å². The number of hydrogen-bond acceptors (Lipinski definition) is 11. The van der Waals surface area contributed by atoms with E-state index in [1.54, 1.807) is 100 Å². The molecule has 0 atom stereocenters. The Morgan fingerprint density at radius 1 is 0.429 bits per heavy atom. The van der Waals surface area contributed by atoms with Gasteiger partial charge in [-0.05, 0) is 153 Å². The minimum absolute atomic E-state index is 0.00519. The molecule has 0 spiro atoms. The summed E-state index contributed by atoms with van der Waals surface area (Å²) in [5, 5.41) is 2.48. The van der Waals surface area contributed by atoms with E-state index in [4.69, 9.17) is 46.4 Å². The number of sulfone groups is 2. The first-order chi connectivity index (χ1) is 38.8. The van der Waals surface area contributed by atoms with Crippen LogP contribution in [0.15, 0.2) is 170 Å². The van der Waals surface area contributed by atoms with E-state index >= 15 is 0 Å².